The SMILES string of the molecule is C[C@]12CC[C@H]3[C@@H]([C@@H](O)C=C4C[C@@H](N)C=C[C@@]43C)[C@@H]1C=C[C@@H]2O. The van der Waals surface area contributed by atoms with Crippen molar-refractivity contribution in [3.63, 3.8) is 0 Å². The molecular formula is C19H27NO2. The van der Waals surface area contributed by atoms with Crippen LogP contribution >= 0.6 is 0 Å². The normalized spacial score (nSPS) is 56.1. The van der Waals surface area contributed by atoms with Crippen LogP contribution in [0, 0.1) is 28.6 Å². The zero-order valence-corrected chi connectivity index (χ0v) is 13.4. The summed E-state index contributed by atoms with van der Waals surface area (Å²) < 4.78 is 0. The zero-order chi connectivity index (χ0) is 15.7. The molecule has 8 atom stereocenters. The predicted octanol–water partition coefficient (Wildman–Crippen LogP) is 2.16. The van der Waals surface area contributed by atoms with Gasteiger partial charge in [-0.05, 0) is 37.0 Å². The molecule has 22 heavy (non-hydrogen) atoms. The van der Waals surface area contributed by atoms with Gasteiger partial charge in [-0.1, -0.05) is 49.8 Å². The lowest BCUT2D eigenvalue weighted by molar-refractivity contribution is -0.0809. The van der Waals surface area contributed by atoms with E-state index in [4.69, 9.17) is 5.73 Å². The fourth-order valence-electron chi connectivity index (χ4n) is 5.70. The summed E-state index contributed by atoms with van der Waals surface area (Å²) in [6.07, 6.45) is 12.7. The smallest absolute Gasteiger partial charge is 0.0780 e. The third-order valence-electron chi connectivity index (χ3n) is 7.18. The van der Waals surface area contributed by atoms with Crippen molar-refractivity contribution in [3.05, 3.63) is 36.0 Å². The molecule has 1 fully saturated rings. The highest BCUT2D eigenvalue weighted by Gasteiger charge is 2.58. The second-order valence-electron chi connectivity index (χ2n) is 8.28. The van der Waals surface area contributed by atoms with Gasteiger partial charge in [0.2, 0.25) is 0 Å². The van der Waals surface area contributed by atoms with Crippen LogP contribution in [0.4, 0.5) is 0 Å². The summed E-state index contributed by atoms with van der Waals surface area (Å²) in [6, 6.07) is 0.0742. The molecule has 3 heteroatoms. The number of fused-ring (bicyclic) bond motifs is 5. The van der Waals surface area contributed by atoms with Crippen molar-refractivity contribution >= 4 is 0 Å². The molecule has 0 unspecified atom stereocenters. The Balaban J connectivity index is 1.78. The van der Waals surface area contributed by atoms with E-state index >= 15 is 0 Å². The summed E-state index contributed by atoms with van der Waals surface area (Å²) in [5.41, 5.74) is 7.30. The van der Waals surface area contributed by atoms with Gasteiger partial charge in [-0.3, -0.25) is 0 Å². The Morgan fingerprint density at radius 3 is 2.73 bits per heavy atom. The molecule has 4 rings (SSSR count). The molecule has 0 saturated heterocycles. The summed E-state index contributed by atoms with van der Waals surface area (Å²) in [5, 5.41) is 21.2. The van der Waals surface area contributed by atoms with Crippen LogP contribution in [0.2, 0.25) is 0 Å². The number of hydrogen-bond acceptors (Lipinski definition) is 3. The second kappa shape index (κ2) is 4.56. The minimum atomic E-state index is -0.425. The molecule has 0 amide bonds. The van der Waals surface area contributed by atoms with Gasteiger partial charge in [0.05, 0.1) is 12.2 Å². The number of nitrogens with two attached hydrogens (primary N) is 1. The number of aliphatic hydroxyl groups excluding tert-OH is 2. The van der Waals surface area contributed by atoms with E-state index in [1.165, 1.54) is 5.57 Å². The van der Waals surface area contributed by atoms with Gasteiger partial charge in [0.15, 0.2) is 0 Å². The van der Waals surface area contributed by atoms with Crippen LogP contribution in [-0.2, 0) is 0 Å². The lowest BCUT2D eigenvalue weighted by atomic mass is 9.48. The van der Waals surface area contributed by atoms with Gasteiger partial charge in [0, 0.05) is 16.9 Å². The molecule has 120 valence electrons. The van der Waals surface area contributed by atoms with Crippen molar-refractivity contribution in [1.82, 2.24) is 0 Å². The van der Waals surface area contributed by atoms with Crippen molar-refractivity contribution < 1.29 is 10.2 Å². The molecule has 4 aliphatic rings. The summed E-state index contributed by atoms with van der Waals surface area (Å²) >= 11 is 0. The van der Waals surface area contributed by atoms with Crippen LogP contribution in [0.5, 0.6) is 0 Å². The van der Waals surface area contributed by atoms with Crippen molar-refractivity contribution in [2.75, 3.05) is 0 Å². The third-order valence-corrected chi connectivity index (χ3v) is 7.18. The van der Waals surface area contributed by atoms with E-state index in [1.54, 1.807) is 0 Å². The van der Waals surface area contributed by atoms with E-state index in [9.17, 15) is 10.2 Å². The van der Waals surface area contributed by atoms with E-state index in [0.29, 0.717) is 5.92 Å². The van der Waals surface area contributed by atoms with E-state index in [-0.39, 0.29) is 34.8 Å². The number of allylic oxidation sites excluding steroid dienone is 2. The molecule has 0 aromatic rings. The van der Waals surface area contributed by atoms with Gasteiger partial charge in [-0.2, -0.15) is 0 Å². The Kier molecular flexibility index (Phi) is 3.04. The monoisotopic (exact) mass is 301 g/mol. The Morgan fingerprint density at radius 2 is 1.95 bits per heavy atom. The number of rotatable bonds is 0. The van der Waals surface area contributed by atoms with Crippen LogP contribution < -0.4 is 5.73 Å². The highest BCUT2D eigenvalue weighted by Crippen LogP contribution is 2.62. The minimum absolute atomic E-state index is 0.0163. The predicted molar refractivity (Wildman–Crippen MR) is 86.9 cm³/mol. The van der Waals surface area contributed by atoms with Crippen molar-refractivity contribution in [2.24, 2.45) is 34.3 Å². The molecule has 0 bridgehead atoms. The standard InChI is InChI=1S/C19H27NO2/c1-18-7-5-12(20)9-11(18)10-15(21)17-13-3-4-16(22)19(13,2)8-6-14(17)18/h3-5,7,10,12-17,21-22H,6,8-9,20H2,1-2H3/t12-,13-,14-,15-,16-,17-,18-,19-/m0/s1. The Bertz CT molecular complexity index is 580. The van der Waals surface area contributed by atoms with Crippen LogP contribution in [-0.4, -0.2) is 28.5 Å². The zero-order valence-electron chi connectivity index (χ0n) is 13.4. The Labute approximate surface area is 132 Å². The summed E-state index contributed by atoms with van der Waals surface area (Å²) in [6.45, 7) is 4.49. The van der Waals surface area contributed by atoms with E-state index < -0.39 is 6.10 Å². The van der Waals surface area contributed by atoms with Gasteiger partial charge in [0.1, 0.15) is 0 Å². The van der Waals surface area contributed by atoms with Gasteiger partial charge >= 0.3 is 0 Å². The van der Waals surface area contributed by atoms with Crippen molar-refractivity contribution in [1.29, 1.82) is 0 Å². The maximum atomic E-state index is 10.8. The first-order valence-corrected chi connectivity index (χ1v) is 8.57. The quantitative estimate of drug-likeness (QED) is 0.601. The van der Waals surface area contributed by atoms with Crippen LogP contribution in [0.15, 0.2) is 36.0 Å². The van der Waals surface area contributed by atoms with E-state index in [1.807, 2.05) is 6.08 Å². The van der Waals surface area contributed by atoms with Crippen molar-refractivity contribution in [3.8, 4) is 0 Å². The third kappa shape index (κ3) is 1.73. The molecule has 0 heterocycles. The maximum Gasteiger partial charge on any atom is 0.0780 e. The largest absolute Gasteiger partial charge is 0.389 e. The maximum absolute atomic E-state index is 10.8. The average molecular weight is 301 g/mol. The van der Waals surface area contributed by atoms with Crippen LogP contribution in [0.25, 0.3) is 0 Å². The van der Waals surface area contributed by atoms with Gasteiger partial charge < -0.3 is 15.9 Å². The minimum Gasteiger partial charge on any atom is -0.389 e. The van der Waals surface area contributed by atoms with E-state index in [2.05, 4.69) is 38.2 Å². The highest BCUT2D eigenvalue weighted by molar-refractivity contribution is 5.36. The van der Waals surface area contributed by atoms with E-state index in [0.717, 1.165) is 19.3 Å². The van der Waals surface area contributed by atoms with Crippen molar-refractivity contribution in [2.45, 2.75) is 51.4 Å². The molecule has 0 aromatic carbocycles. The topological polar surface area (TPSA) is 66.5 Å². The Hall–Kier alpha value is -0.900. The van der Waals surface area contributed by atoms with Gasteiger partial charge in [-0.25, -0.2) is 0 Å². The average Bonchev–Trinajstić information content (AvgIpc) is 2.77. The molecule has 4 aliphatic carbocycles. The number of hydrogen-bond donors (Lipinski definition) is 3. The van der Waals surface area contributed by atoms with Crippen LogP contribution in [0.3, 0.4) is 0 Å². The Morgan fingerprint density at radius 1 is 1.18 bits per heavy atom. The molecule has 1 saturated carbocycles. The first kappa shape index (κ1) is 14.7. The first-order valence-electron chi connectivity index (χ1n) is 8.57. The lowest BCUT2D eigenvalue weighted by Gasteiger charge is -2.57. The molecular weight excluding hydrogens is 274 g/mol. The molecule has 4 N–H and O–H groups in total. The molecule has 0 aliphatic heterocycles. The summed E-state index contributed by atoms with van der Waals surface area (Å²) in [7, 11) is 0. The summed E-state index contributed by atoms with van der Waals surface area (Å²) in [4.78, 5) is 0. The van der Waals surface area contributed by atoms with Gasteiger partial charge in [0.25, 0.3) is 0 Å². The molecule has 0 spiro atoms. The molecule has 0 radical (unpaired) electrons. The van der Waals surface area contributed by atoms with Crippen LogP contribution in [0.1, 0.15) is 33.1 Å². The number of aliphatic hydroxyl groups is 2. The molecule has 3 nitrogen and oxygen atoms in total. The fraction of sp³-hybridized carbons (Fsp3) is 0.684. The van der Waals surface area contributed by atoms with Gasteiger partial charge in [-0.15, -0.1) is 0 Å². The molecule has 0 aromatic heterocycles. The fourth-order valence-corrected chi connectivity index (χ4v) is 5.70. The highest BCUT2D eigenvalue weighted by atomic mass is 16.3. The lowest BCUT2D eigenvalue weighted by Crippen LogP contribution is -2.54. The first-order chi connectivity index (χ1) is 10.4. The summed E-state index contributed by atoms with van der Waals surface area (Å²) in [5.74, 6) is 0.883. The second-order valence-corrected chi connectivity index (χ2v) is 8.28.